The van der Waals surface area contributed by atoms with E-state index in [1.807, 2.05) is 0 Å². The molecule has 2 N–H and O–H groups in total. The molecule has 1 aromatic heterocycles. The molecule has 1 aliphatic heterocycles. The molecule has 6 nitrogen and oxygen atoms in total. The standard InChI is InChI=1S/C10H16N4O2/c1-14(7-9-6-11-2-3-16-9)10(15)8-4-12-13-5-8/h4-5,9,11H,2-3,6-7H2,1H3,(H,12,13). The Balaban J connectivity index is 1.87. The maximum atomic E-state index is 11.9. The van der Waals surface area contributed by atoms with Crippen LogP contribution in [0.4, 0.5) is 0 Å². The molecule has 1 atom stereocenters. The van der Waals surface area contributed by atoms with Gasteiger partial charge in [-0.3, -0.25) is 9.89 Å². The summed E-state index contributed by atoms with van der Waals surface area (Å²) in [6.45, 7) is 2.98. The SMILES string of the molecule is CN(CC1CNCCO1)C(=O)c1cn[nH]c1. The molecular formula is C10H16N4O2. The van der Waals surface area contributed by atoms with E-state index in [4.69, 9.17) is 4.74 Å². The second kappa shape index (κ2) is 5.09. The summed E-state index contributed by atoms with van der Waals surface area (Å²) in [4.78, 5) is 13.5. The maximum Gasteiger partial charge on any atom is 0.256 e. The van der Waals surface area contributed by atoms with Crippen LogP contribution < -0.4 is 5.32 Å². The van der Waals surface area contributed by atoms with Crippen molar-refractivity contribution in [2.75, 3.05) is 33.3 Å². The summed E-state index contributed by atoms with van der Waals surface area (Å²) < 4.78 is 5.54. The van der Waals surface area contributed by atoms with Crippen LogP contribution in [0, 0.1) is 0 Å². The molecule has 1 saturated heterocycles. The van der Waals surface area contributed by atoms with Gasteiger partial charge in [-0.05, 0) is 0 Å². The topological polar surface area (TPSA) is 70.2 Å². The summed E-state index contributed by atoms with van der Waals surface area (Å²) in [6, 6.07) is 0. The number of amides is 1. The lowest BCUT2D eigenvalue weighted by molar-refractivity contribution is 0.0104. The van der Waals surface area contributed by atoms with Crippen LogP contribution in [0.1, 0.15) is 10.4 Å². The summed E-state index contributed by atoms with van der Waals surface area (Å²) in [5.41, 5.74) is 0.575. The van der Waals surface area contributed by atoms with Crippen LogP contribution in [0.2, 0.25) is 0 Å². The Morgan fingerprint density at radius 1 is 1.75 bits per heavy atom. The molecule has 1 fully saturated rings. The summed E-state index contributed by atoms with van der Waals surface area (Å²) in [6.07, 6.45) is 3.20. The van der Waals surface area contributed by atoms with Gasteiger partial charge in [-0.1, -0.05) is 0 Å². The Morgan fingerprint density at radius 2 is 2.62 bits per heavy atom. The van der Waals surface area contributed by atoms with Crippen molar-refractivity contribution in [3.8, 4) is 0 Å². The molecule has 2 rings (SSSR count). The van der Waals surface area contributed by atoms with E-state index in [9.17, 15) is 4.79 Å². The van der Waals surface area contributed by atoms with Crippen LogP contribution in [0.15, 0.2) is 12.4 Å². The molecule has 1 unspecified atom stereocenters. The molecule has 0 aromatic carbocycles. The fourth-order valence-corrected chi connectivity index (χ4v) is 1.71. The van der Waals surface area contributed by atoms with Gasteiger partial charge in [-0.15, -0.1) is 0 Å². The zero-order valence-corrected chi connectivity index (χ0v) is 9.27. The van der Waals surface area contributed by atoms with Crippen molar-refractivity contribution in [3.05, 3.63) is 18.0 Å². The van der Waals surface area contributed by atoms with E-state index in [1.54, 1.807) is 18.1 Å². The second-order valence-corrected chi connectivity index (χ2v) is 3.87. The predicted molar refractivity (Wildman–Crippen MR) is 58.2 cm³/mol. The van der Waals surface area contributed by atoms with Gasteiger partial charge in [-0.25, -0.2) is 0 Å². The number of nitrogens with zero attached hydrogens (tertiary/aromatic N) is 2. The van der Waals surface area contributed by atoms with E-state index >= 15 is 0 Å². The summed E-state index contributed by atoms with van der Waals surface area (Å²) >= 11 is 0. The summed E-state index contributed by atoms with van der Waals surface area (Å²) in [5.74, 6) is -0.0390. The van der Waals surface area contributed by atoms with Crippen molar-refractivity contribution in [1.29, 1.82) is 0 Å². The molecule has 88 valence electrons. The molecule has 1 aromatic rings. The monoisotopic (exact) mass is 224 g/mol. The highest BCUT2D eigenvalue weighted by atomic mass is 16.5. The number of morpholine rings is 1. The van der Waals surface area contributed by atoms with E-state index in [2.05, 4.69) is 15.5 Å². The minimum Gasteiger partial charge on any atom is -0.374 e. The number of hydrogen-bond donors (Lipinski definition) is 2. The minimum absolute atomic E-state index is 0.0390. The number of carbonyl (C=O) groups is 1. The first-order valence-corrected chi connectivity index (χ1v) is 5.34. The average molecular weight is 224 g/mol. The van der Waals surface area contributed by atoms with Crippen LogP contribution >= 0.6 is 0 Å². The number of nitrogens with one attached hydrogen (secondary N) is 2. The highest BCUT2D eigenvalue weighted by molar-refractivity contribution is 5.93. The lowest BCUT2D eigenvalue weighted by atomic mass is 10.2. The third-order valence-corrected chi connectivity index (χ3v) is 2.57. The highest BCUT2D eigenvalue weighted by Crippen LogP contribution is 2.04. The Hall–Kier alpha value is -1.40. The van der Waals surface area contributed by atoms with Crippen molar-refractivity contribution in [1.82, 2.24) is 20.4 Å². The Labute approximate surface area is 94.0 Å². The zero-order chi connectivity index (χ0) is 11.4. The first kappa shape index (κ1) is 11.1. The summed E-state index contributed by atoms with van der Waals surface area (Å²) in [5, 5.41) is 9.62. The quantitative estimate of drug-likeness (QED) is 0.724. The normalized spacial score (nSPS) is 20.7. The van der Waals surface area contributed by atoms with Crippen LogP contribution in [0.5, 0.6) is 0 Å². The second-order valence-electron chi connectivity index (χ2n) is 3.87. The van der Waals surface area contributed by atoms with Crippen LogP contribution in [-0.2, 0) is 4.74 Å². The van der Waals surface area contributed by atoms with Gasteiger partial charge in [0.15, 0.2) is 0 Å². The highest BCUT2D eigenvalue weighted by Gasteiger charge is 2.19. The van der Waals surface area contributed by atoms with Gasteiger partial charge in [0.2, 0.25) is 0 Å². The number of aromatic amines is 1. The first-order valence-electron chi connectivity index (χ1n) is 5.34. The Kier molecular flexibility index (Phi) is 3.53. The van der Waals surface area contributed by atoms with Gasteiger partial charge in [0.05, 0.1) is 24.5 Å². The fourth-order valence-electron chi connectivity index (χ4n) is 1.71. The van der Waals surface area contributed by atoms with Gasteiger partial charge in [0.1, 0.15) is 0 Å². The lowest BCUT2D eigenvalue weighted by Gasteiger charge is -2.27. The number of hydrogen-bond acceptors (Lipinski definition) is 4. The van der Waals surface area contributed by atoms with Crippen LogP contribution in [0.3, 0.4) is 0 Å². The van der Waals surface area contributed by atoms with Gasteiger partial charge in [0.25, 0.3) is 5.91 Å². The number of ether oxygens (including phenoxy) is 1. The largest absolute Gasteiger partial charge is 0.374 e. The van der Waals surface area contributed by atoms with E-state index in [0.29, 0.717) is 18.7 Å². The third kappa shape index (κ3) is 2.59. The van der Waals surface area contributed by atoms with Crippen molar-refractivity contribution in [2.45, 2.75) is 6.10 Å². The molecule has 1 aliphatic rings. The third-order valence-electron chi connectivity index (χ3n) is 2.57. The van der Waals surface area contributed by atoms with E-state index in [-0.39, 0.29) is 12.0 Å². The molecule has 6 heteroatoms. The summed E-state index contributed by atoms with van der Waals surface area (Å²) in [7, 11) is 1.77. The molecule has 2 heterocycles. The van der Waals surface area contributed by atoms with Crippen molar-refractivity contribution in [3.63, 3.8) is 0 Å². The first-order chi connectivity index (χ1) is 7.77. The van der Waals surface area contributed by atoms with E-state index in [1.165, 1.54) is 6.20 Å². The number of likely N-dealkylation sites (N-methyl/N-ethyl adjacent to an activating group) is 1. The average Bonchev–Trinajstić information content (AvgIpc) is 2.83. The number of rotatable bonds is 3. The zero-order valence-electron chi connectivity index (χ0n) is 9.27. The maximum absolute atomic E-state index is 11.9. The van der Waals surface area contributed by atoms with Gasteiger partial charge in [0, 0.05) is 32.9 Å². The smallest absolute Gasteiger partial charge is 0.256 e. The minimum atomic E-state index is -0.0390. The van der Waals surface area contributed by atoms with Crippen molar-refractivity contribution >= 4 is 5.91 Å². The molecule has 0 radical (unpaired) electrons. The van der Waals surface area contributed by atoms with Crippen LogP contribution in [0.25, 0.3) is 0 Å². The van der Waals surface area contributed by atoms with E-state index in [0.717, 1.165) is 13.1 Å². The number of aromatic nitrogens is 2. The molecule has 0 spiro atoms. The molecule has 16 heavy (non-hydrogen) atoms. The Bertz CT molecular complexity index is 333. The van der Waals surface area contributed by atoms with Gasteiger partial charge >= 0.3 is 0 Å². The molecule has 0 saturated carbocycles. The molecule has 0 bridgehead atoms. The molecule has 1 amide bonds. The lowest BCUT2D eigenvalue weighted by Crippen LogP contribution is -2.45. The number of H-pyrrole nitrogens is 1. The van der Waals surface area contributed by atoms with E-state index < -0.39 is 0 Å². The van der Waals surface area contributed by atoms with Crippen LogP contribution in [-0.4, -0.2) is 60.4 Å². The fraction of sp³-hybridized carbons (Fsp3) is 0.600. The van der Waals surface area contributed by atoms with Gasteiger partial charge in [-0.2, -0.15) is 5.10 Å². The molecule has 0 aliphatic carbocycles. The molecular weight excluding hydrogens is 208 g/mol. The predicted octanol–water partition coefficient (Wildman–Crippen LogP) is -0.530. The van der Waals surface area contributed by atoms with Crippen molar-refractivity contribution in [2.24, 2.45) is 0 Å². The van der Waals surface area contributed by atoms with Gasteiger partial charge < -0.3 is 15.0 Å². The Morgan fingerprint density at radius 3 is 3.25 bits per heavy atom. The van der Waals surface area contributed by atoms with Crippen molar-refractivity contribution < 1.29 is 9.53 Å². The number of carbonyl (C=O) groups excluding carboxylic acids is 1.